The Hall–Kier alpha value is 0.370. The van der Waals surface area contributed by atoms with Crippen molar-refractivity contribution in [3.8, 4) is 0 Å². The van der Waals surface area contributed by atoms with Crippen LogP contribution in [0.3, 0.4) is 0 Å². The summed E-state index contributed by atoms with van der Waals surface area (Å²) < 4.78 is 11.9. The zero-order valence-electron chi connectivity index (χ0n) is 6.02. The van der Waals surface area contributed by atoms with Gasteiger partial charge in [-0.3, -0.25) is 4.90 Å². The molecular formula is C7H13BrFN. The standard InChI is InChI=1S/C7H13BrFN/c8-3-5-10(6-4-9)7-1-2-7/h7H,1-6H2. The lowest BCUT2D eigenvalue weighted by Crippen LogP contribution is -2.30. The summed E-state index contributed by atoms with van der Waals surface area (Å²) in [6, 6.07) is 0.702. The Kier molecular flexibility index (Phi) is 3.63. The number of hydrogen-bond acceptors (Lipinski definition) is 1. The fourth-order valence-corrected chi connectivity index (χ4v) is 1.59. The zero-order valence-corrected chi connectivity index (χ0v) is 7.61. The molecule has 0 amide bonds. The first kappa shape index (κ1) is 8.47. The van der Waals surface area contributed by atoms with Crippen molar-refractivity contribution in [1.29, 1.82) is 0 Å². The van der Waals surface area contributed by atoms with Crippen molar-refractivity contribution in [2.45, 2.75) is 18.9 Å². The average Bonchev–Trinajstić information content (AvgIpc) is 2.69. The number of rotatable bonds is 5. The van der Waals surface area contributed by atoms with Gasteiger partial charge in [0.1, 0.15) is 6.67 Å². The van der Waals surface area contributed by atoms with E-state index in [1.165, 1.54) is 12.8 Å². The van der Waals surface area contributed by atoms with Gasteiger partial charge in [-0.15, -0.1) is 0 Å². The molecule has 0 aromatic carbocycles. The maximum Gasteiger partial charge on any atom is 0.102 e. The third-order valence-electron chi connectivity index (χ3n) is 1.81. The molecule has 0 heterocycles. The molecule has 0 aromatic heterocycles. The smallest absolute Gasteiger partial charge is 0.102 e. The maximum atomic E-state index is 11.9. The van der Waals surface area contributed by atoms with E-state index in [9.17, 15) is 4.39 Å². The van der Waals surface area contributed by atoms with Crippen LogP contribution >= 0.6 is 15.9 Å². The lowest BCUT2D eigenvalue weighted by molar-refractivity contribution is 0.252. The van der Waals surface area contributed by atoms with Gasteiger partial charge in [-0.2, -0.15) is 0 Å². The number of halogens is 2. The molecule has 0 aliphatic heterocycles. The van der Waals surface area contributed by atoms with Crippen molar-refractivity contribution in [2.75, 3.05) is 25.1 Å². The third kappa shape index (κ3) is 2.54. The van der Waals surface area contributed by atoms with E-state index in [1.807, 2.05) is 0 Å². The summed E-state index contributed by atoms with van der Waals surface area (Å²) in [4.78, 5) is 2.22. The highest BCUT2D eigenvalue weighted by atomic mass is 79.9. The Balaban J connectivity index is 2.13. The van der Waals surface area contributed by atoms with E-state index in [0.717, 1.165) is 11.9 Å². The minimum absolute atomic E-state index is 0.205. The van der Waals surface area contributed by atoms with E-state index in [-0.39, 0.29) is 6.67 Å². The van der Waals surface area contributed by atoms with E-state index in [1.54, 1.807) is 0 Å². The highest BCUT2D eigenvalue weighted by molar-refractivity contribution is 9.09. The fraction of sp³-hybridized carbons (Fsp3) is 1.00. The third-order valence-corrected chi connectivity index (χ3v) is 2.16. The van der Waals surface area contributed by atoms with E-state index >= 15 is 0 Å². The van der Waals surface area contributed by atoms with Gasteiger partial charge in [0, 0.05) is 24.5 Å². The van der Waals surface area contributed by atoms with Gasteiger partial charge < -0.3 is 0 Å². The van der Waals surface area contributed by atoms with Gasteiger partial charge in [-0.1, -0.05) is 15.9 Å². The summed E-state index contributed by atoms with van der Waals surface area (Å²) in [5, 5.41) is 0.962. The van der Waals surface area contributed by atoms with Crippen LogP contribution < -0.4 is 0 Å². The lowest BCUT2D eigenvalue weighted by atomic mass is 10.5. The number of alkyl halides is 2. The molecule has 0 radical (unpaired) electrons. The average molecular weight is 210 g/mol. The van der Waals surface area contributed by atoms with Crippen molar-refractivity contribution >= 4 is 15.9 Å². The molecule has 60 valence electrons. The van der Waals surface area contributed by atoms with Crippen LogP contribution in [0.5, 0.6) is 0 Å². The van der Waals surface area contributed by atoms with Crippen molar-refractivity contribution in [1.82, 2.24) is 4.90 Å². The number of nitrogens with zero attached hydrogens (tertiary/aromatic N) is 1. The largest absolute Gasteiger partial charge is 0.297 e. The Labute approximate surface area is 69.7 Å². The quantitative estimate of drug-likeness (QED) is 0.625. The zero-order chi connectivity index (χ0) is 7.40. The Morgan fingerprint density at radius 1 is 1.40 bits per heavy atom. The predicted octanol–water partition coefficient (Wildman–Crippen LogP) is 1.82. The molecule has 0 atom stereocenters. The van der Waals surface area contributed by atoms with Gasteiger partial charge in [0.15, 0.2) is 0 Å². The van der Waals surface area contributed by atoms with Crippen molar-refractivity contribution in [3.63, 3.8) is 0 Å². The molecule has 1 nitrogen and oxygen atoms in total. The van der Waals surface area contributed by atoms with Crippen LogP contribution in [0.25, 0.3) is 0 Å². The van der Waals surface area contributed by atoms with Crippen LogP contribution in [0.1, 0.15) is 12.8 Å². The molecule has 3 heteroatoms. The molecule has 0 bridgehead atoms. The van der Waals surface area contributed by atoms with Crippen LogP contribution in [0.15, 0.2) is 0 Å². The summed E-state index contributed by atoms with van der Waals surface area (Å²) in [6.45, 7) is 1.41. The summed E-state index contributed by atoms with van der Waals surface area (Å²) in [6.07, 6.45) is 2.54. The molecule has 1 saturated carbocycles. The fourth-order valence-electron chi connectivity index (χ4n) is 1.13. The molecular weight excluding hydrogens is 197 g/mol. The van der Waals surface area contributed by atoms with Crippen LogP contribution in [-0.4, -0.2) is 36.0 Å². The second-order valence-electron chi connectivity index (χ2n) is 2.65. The molecule has 1 fully saturated rings. The van der Waals surface area contributed by atoms with Gasteiger partial charge in [0.2, 0.25) is 0 Å². The first-order valence-electron chi connectivity index (χ1n) is 3.74. The van der Waals surface area contributed by atoms with Crippen LogP contribution in [0.4, 0.5) is 4.39 Å². The summed E-state index contributed by atoms with van der Waals surface area (Å²) >= 11 is 3.35. The first-order chi connectivity index (χ1) is 4.88. The van der Waals surface area contributed by atoms with Crippen LogP contribution in [-0.2, 0) is 0 Å². The topological polar surface area (TPSA) is 3.24 Å². The van der Waals surface area contributed by atoms with Gasteiger partial charge in [0.25, 0.3) is 0 Å². The molecule has 0 N–H and O–H groups in total. The normalized spacial score (nSPS) is 18.3. The predicted molar refractivity (Wildman–Crippen MR) is 44.4 cm³/mol. The Bertz CT molecular complexity index is 89.6. The highest BCUT2D eigenvalue weighted by Gasteiger charge is 2.27. The highest BCUT2D eigenvalue weighted by Crippen LogP contribution is 2.26. The van der Waals surface area contributed by atoms with E-state index in [2.05, 4.69) is 20.8 Å². The molecule has 10 heavy (non-hydrogen) atoms. The van der Waals surface area contributed by atoms with Crippen LogP contribution in [0.2, 0.25) is 0 Å². The maximum absolute atomic E-state index is 11.9. The Morgan fingerprint density at radius 2 is 2.10 bits per heavy atom. The monoisotopic (exact) mass is 209 g/mol. The van der Waals surface area contributed by atoms with E-state index in [4.69, 9.17) is 0 Å². The molecule has 1 rings (SSSR count). The van der Waals surface area contributed by atoms with E-state index < -0.39 is 0 Å². The van der Waals surface area contributed by atoms with Gasteiger partial charge in [0.05, 0.1) is 0 Å². The van der Waals surface area contributed by atoms with Gasteiger partial charge in [-0.05, 0) is 12.8 Å². The summed E-state index contributed by atoms with van der Waals surface area (Å²) in [5.41, 5.74) is 0. The minimum Gasteiger partial charge on any atom is -0.297 e. The molecule has 0 aromatic rings. The van der Waals surface area contributed by atoms with Gasteiger partial charge in [-0.25, -0.2) is 4.39 Å². The van der Waals surface area contributed by atoms with Crippen LogP contribution in [0, 0.1) is 0 Å². The molecule has 0 unspecified atom stereocenters. The van der Waals surface area contributed by atoms with Crippen molar-refractivity contribution in [3.05, 3.63) is 0 Å². The second-order valence-corrected chi connectivity index (χ2v) is 3.44. The van der Waals surface area contributed by atoms with Crippen molar-refractivity contribution < 1.29 is 4.39 Å². The number of hydrogen-bond donors (Lipinski definition) is 0. The molecule has 0 spiro atoms. The molecule has 1 aliphatic rings. The summed E-state index contributed by atoms with van der Waals surface area (Å²) in [5.74, 6) is 0. The lowest BCUT2D eigenvalue weighted by Gasteiger charge is -2.18. The van der Waals surface area contributed by atoms with E-state index in [0.29, 0.717) is 12.6 Å². The van der Waals surface area contributed by atoms with Crippen molar-refractivity contribution in [2.24, 2.45) is 0 Å². The Morgan fingerprint density at radius 3 is 2.50 bits per heavy atom. The molecule has 0 saturated heterocycles. The van der Waals surface area contributed by atoms with Gasteiger partial charge >= 0.3 is 0 Å². The molecule has 1 aliphatic carbocycles. The first-order valence-corrected chi connectivity index (χ1v) is 4.86. The summed E-state index contributed by atoms with van der Waals surface area (Å²) in [7, 11) is 0. The minimum atomic E-state index is -0.205. The SMILES string of the molecule is FCCN(CCBr)C1CC1. The second kappa shape index (κ2) is 4.29.